The number of hydrogen-bond acceptors (Lipinski definition) is 11. The zero-order valence-electron chi connectivity index (χ0n) is 29.4. The molecular weight excluding hydrogens is 697 g/mol. The van der Waals surface area contributed by atoms with E-state index < -0.39 is 31.8 Å². The first-order valence-electron chi connectivity index (χ1n) is 16.0. The molecule has 3 aromatic rings. The van der Waals surface area contributed by atoms with Gasteiger partial charge in [0.2, 0.25) is 0 Å². The van der Waals surface area contributed by atoms with Gasteiger partial charge in [-0.2, -0.15) is 0 Å². The van der Waals surface area contributed by atoms with Crippen LogP contribution in [0.1, 0.15) is 43.7 Å². The second-order valence-corrected chi connectivity index (χ2v) is 12.2. The Morgan fingerprint density at radius 2 is 1.21 bits per heavy atom. The molecule has 0 bridgehead atoms. The maximum absolute atomic E-state index is 10.2. The van der Waals surface area contributed by atoms with Crippen molar-refractivity contribution >= 4 is 42.5 Å². The SMILES string of the molecule is CN(C)[C@@H](CCOc1cccc2ccccc12)c1ccccc1.NC(N)=NCCCC(N)C(=O)O.NC(N)=NCCCC(N)C(=O)O.O=P([O-])([O-])O. The van der Waals surface area contributed by atoms with Crippen LogP contribution in [-0.4, -0.2) is 89.7 Å². The molecule has 0 heterocycles. The molecule has 3 atom stereocenters. The Kier molecular flexibility index (Phi) is 23.6. The second-order valence-electron chi connectivity index (χ2n) is 11.3. The van der Waals surface area contributed by atoms with Crippen LogP contribution in [0.4, 0.5) is 0 Å². The fourth-order valence-electron chi connectivity index (χ4n) is 4.29. The first-order valence-corrected chi connectivity index (χ1v) is 17.5. The number of nitrogens with zero attached hydrogens (tertiary/aromatic N) is 3. The molecule has 290 valence electrons. The number of ether oxygens (including phenoxy) is 1. The van der Waals surface area contributed by atoms with Crippen LogP contribution in [0.2, 0.25) is 0 Å². The zero-order chi connectivity index (χ0) is 39.7. The molecule has 18 nitrogen and oxygen atoms in total. The summed E-state index contributed by atoms with van der Waals surface area (Å²) in [5.74, 6) is -1.01. The molecule has 0 aromatic heterocycles. The highest BCUT2D eigenvalue weighted by atomic mass is 31.2. The molecule has 0 aliphatic heterocycles. The normalized spacial score (nSPS) is 12.2. The number of fused-ring (bicyclic) bond motifs is 1. The summed E-state index contributed by atoms with van der Waals surface area (Å²) in [5, 5.41) is 19.2. The summed E-state index contributed by atoms with van der Waals surface area (Å²) in [7, 11) is -0.898. The topological polar surface area (TPSA) is 351 Å². The first-order chi connectivity index (χ1) is 24.3. The molecule has 52 heavy (non-hydrogen) atoms. The van der Waals surface area contributed by atoms with Crippen molar-refractivity contribution < 1.29 is 43.8 Å². The van der Waals surface area contributed by atoms with Crippen molar-refractivity contribution in [3.63, 3.8) is 0 Å². The number of hydrogen-bond donors (Lipinski definition) is 9. The van der Waals surface area contributed by atoms with Crippen molar-refractivity contribution in [3.05, 3.63) is 78.4 Å². The van der Waals surface area contributed by atoms with Crippen molar-refractivity contribution in [2.75, 3.05) is 33.8 Å². The molecule has 19 heteroatoms. The molecule has 0 aliphatic rings. The number of carbonyl (C=O) groups is 2. The van der Waals surface area contributed by atoms with Gasteiger partial charge >= 0.3 is 11.9 Å². The monoisotopic (exact) mass is 749 g/mol. The van der Waals surface area contributed by atoms with Gasteiger partial charge in [-0.25, -0.2) is 0 Å². The standard InChI is InChI=1S/C21H23NO.2C6H14N4O2.H3O4P/c1-22(2)20(18-10-4-3-5-11-18)15-16-23-21-14-8-12-17-9-6-7-13-19(17)21;2*7-4(5(11)12)2-1-3-10-6(8)9;1-5(2,3)4/h3-14,20H,15-16H2,1-2H3;2*4H,1-3,7H2,(H,11,12)(H4,8,9,10);(H3,1,2,3,4)/p-2/t20-;;;/m0.../s1. The predicted molar refractivity (Wildman–Crippen MR) is 198 cm³/mol. The van der Waals surface area contributed by atoms with Crippen molar-refractivity contribution in [1.82, 2.24) is 4.90 Å². The van der Waals surface area contributed by atoms with Gasteiger partial charge in [0.25, 0.3) is 0 Å². The van der Waals surface area contributed by atoms with Crippen molar-refractivity contribution in [3.8, 4) is 5.75 Å². The molecule has 0 fully saturated rings. The van der Waals surface area contributed by atoms with E-state index in [-0.39, 0.29) is 11.9 Å². The summed E-state index contributed by atoms with van der Waals surface area (Å²) in [6.07, 6.45) is 2.87. The lowest BCUT2D eigenvalue weighted by Crippen LogP contribution is -2.30. The van der Waals surface area contributed by atoms with Gasteiger partial charge in [-0.3, -0.25) is 19.6 Å². The quantitative estimate of drug-likeness (QED) is 0.0390. The Bertz CT molecular complexity index is 1510. The third-order valence-electron chi connectivity index (χ3n) is 6.78. The van der Waals surface area contributed by atoms with Crippen LogP contribution in [-0.2, 0) is 14.2 Å². The van der Waals surface area contributed by atoms with E-state index in [0.717, 1.165) is 12.2 Å². The minimum Gasteiger partial charge on any atom is -0.790 e. The highest BCUT2D eigenvalue weighted by Crippen LogP contribution is 2.27. The highest BCUT2D eigenvalue weighted by Gasteiger charge is 2.14. The van der Waals surface area contributed by atoms with Crippen molar-refractivity contribution in [1.29, 1.82) is 0 Å². The Morgan fingerprint density at radius 1 is 0.769 bits per heavy atom. The number of aliphatic imine (C=N–C) groups is 2. The largest absolute Gasteiger partial charge is 0.790 e. The van der Waals surface area contributed by atoms with Crippen LogP contribution in [0, 0.1) is 0 Å². The van der Waals surface area contributed by atoms with E-state index >= 15 is 0 Å². The van der Waals surface area contributed by atoms with E-state index in [1.54, 1.807) is 0 Å². The third-order valence-corrected chi connectivity index (χ3v) is 6.78. The van der Waals surface area contributed by atoms with Gasteiger partial charge in [0, 0.05) is 30.9 Å². The average Bonchev–Trinajstić information content (AvgIpc) is 3.06. The minimum absolute atomic E-state index is 0.0129. The summed E-state index contributed by atoms with van der Waals surface area (Å²) < 4.78 is 14.8. The molecule has 0 aliphatic carbocycles. The lowest BCUT2D eigenvalue weighted by molar-refractivity contribution is -0.337. The first kappa shape index (κ1) is 47.2. The molecule has 2 unspecified atom stereocenters. The van der Waals surface area contributed by atoms with Crippen molar-refractivity contribution in [2.24, 2.45) is 44.4 Å². The van der Waals surface area contributed by atoms with Gasteiger partial charge in [0.1, 0.15) is 17.8 Å². The number of nitrogens with two attached hydrogens (primary N) is 6. The molecule has 3 rings (SSSR count). The zero-order valence-corrected chi connectivity index (χ0v) is 30.3. The predicted octanol–water partition coefficient (Wildman–Crippen LogP) is -0.377. The van der Waals surface area contributed by atoms with E-state index in [9.17, 15) is 9.59 Å². The van der Waals surface area contributed by atoms with Crippen molar-refractivity contribution in [2.45, 2.75) is 50.2 Å². The third kappa shape index (κ3) is 24.4. The van der Waals surface area contributed by atoms with Gasteiger partial charge < -0.3 is 73.5 Å². The van der Waals surface area contributed by atoms with Gasteiger partial charge in [-0.15, -0.1) is 0 Å². The van der Waals surface area contributed by atoms with Crippen LogP contribution < -0.4 is 48.9 Å². The van der Waals surface area contributed by atoms with Crippen LogP contribution in [0.5, 0.6) is 5.75 Å². The maximum atomic E-state index is 10.2. The average molecular weight is 750 g/mol. The summed E-state index contributed by atoms with van der Waals surface area (Å²) in [6, 6.07) is 23.9. The minimum atomic E-state index is -5.14. The Hall–Kier alpha value is -4.81. The molecule has 0 radical (unpaired) electrons. The summed E-state index contributed by atoms with van der Waals surface area (Å²) in [5.41, 5.74) is 32.0. The van der Waals surface area contributed by atoms with Gasteiger partial charge in [-0.05, 0) is 56.8 Å². The lowest BCUT2D eigenvalue weighted by Gasteiger charge is -2.25. The lowest BCUT2D eigenvalue weighted by atomic mass is 10.0. The number of benzene rings is 3. The second kappa shape index (κ2) is 26.0. The Morgan fingerprint density at radius 3 is 1.65 bits per heavy atom. The highest BCUT2D eigenvalue weighted by molar-refractivity contribution is 7.42. The molecule has 0 saturated carbocycles. The molecule has 3 aromatic carbocycles. The van der Waals surface area contributed by atoms with E-state index in [4.69, 9.17) is 68.6 Å². The number of carboxylic acid groups (broad SMARTS) is 2. The Labute approximate surface area is 303 Å². The number of rotatable bonds is 16. The fraction of sp³-hybridized carbons (Fsp3) is 0.394. The van der Waals surface area contributed by atoms with Crippen LogP contribution in [0.15, 0.2) is 82.8 Å². The van der Waals surface area contributed by atoms with E-state index in [1.807, 2.05) is 0 Å². The van der Waals surface area contributed by atoms with E-state index in [1.165, 1.54) is 16.3 Å². The van der Waals surface area contributed by atoms with Crippen LogP contribution in [0.3, 0.4) is 0 Å². The summed E-state index contributed by atoms with van der Waals surface area (Å²) >= 11 is 0. The number of aliphatic carboxylic acids is 2. The van der Waals surface area contributed by atoms with Gasteiger partial charge in [0.15, 0.2) is 11.9 Å². The fourth-order valence-corrected chi connectivity index (χ4v) is 4.29. The maximum Gasteiger partial charge on any atom is 0.320 e. The molecule has 15 N–H and O–H groups in total. The number of phosphoric acid groups is 1. The van der Waals surface area contributed by atoms with Crippen LogP contribution in [0.25, 0.3) is 10.8 Å². The van der Waals surface area contributed by atoms with Gasteiger partial charge in [0.05, 0.1) is 14.4 Å². The van der Waals surface area contributed by atoms with Gasteiger partial charge in [-0.1, -0.05) is 66.7 Å². The Balaban J connectivity index is 0.000000764. The summed E-state index contributed by atoms with van der Waals surface area (Å²) in [4.78, 5) is 54.3. The molecule has 0 amide bonds. The number of carboxylic acids is 2. The smallest absolute Gasteiger partial charge is 0.320 e. The van der Waals surface area contributed by atoms with E-state index in [0.29, 0.717) is 51.4 Å². The molecular formula is C33H52N9O9P-2. The summed E-state index contributed by atoms with van der Waals surface area (Å²) in [6.45, 7) is 1.54. The van der Waals surface area contributed by atoms with E-state index in [2.05, 4.69) is 102 Å². The number of guanidine groups is 2. The molecule has 0 spiro atoms. The molecule has 0 saturated heterocycles. The van der Waals surface area contributed by atoms with Crippen LogP contribution >= 0.6 is 7.82 Å².